The van der Waals surface area contributed by atoms with Crippen LogP contribution in [0.4, 0.5) is 5.95 Å². The molecule has 1 aliphatic heterocycles. The molecule has 0 saturated heterocycles. The molecular weight excluding hydrogens is 288 g/mol. The number of nitrogens with zero attached hydrogens (tertiary/aromatic N) is 2. The summed E-state index contributed by atoms with van der Waals surface area (Å²) in [6, 6.07) is 15.8. The van der Waals surface area contributed by atoms with Crippen molar-refractivity contribution in [2.75, 3.05) is 5.43 Å². The Bertz CT molecular complexity index is 877. The van der Waals surface area contributed by atoms with Crippen molar-refractivity contribution in [1.29, 1.82) is 0 Å². The van der Waals surface area contributed by atoms with Crippen molar-refractivity contribution in [2.24, 2.45) is 5.10 Å². The number of imidazole rings is 1. The van der Waals surface area contributed by atoms with Crippen LogP contribution in [0.3, 0.4) is 0 Å². The first-order valence-electron chi connectivity index (χ1n) is 7.51. The van der Waals surface area contributed by atoms with E-state index in [1.54, 1.807) is 6.21 Å². The maximum atomic E-state index is 5.88. The van der Waals surface area contributed by atoms with E-state index in [0.717, 1.165) is 27.9 Å². The van der Waals surface area contributed by atoms with E-state index in [9.17, 15) is 0 Å². The summed E-state index contributed by atoms with van der Waals surface area (Å²) >= 11 is 0. The van der Waals surface area contributed by atoms with Crippen molar-refractivity contribution in [3.05, 3.63) is 59.7 Å². The predicted octanol–water partition coefficient (Wildman–Crippen LogP) is 3.83. The van der Waals surface area contributed by atoms with Crippen LogP contribution in [0.15, 0.2) is 59.2 Å². The van der Waals surface area contributed by atoms with E-state index in [0.29, 0.717) is 5.95 Å². The Morgan fingerprint density at radius 3 is 2.91 bits per heavy atom. The highest BCUT2D eigenvalue weighted by Gasteiger charge is 2.16. The topological polar surface area (TPSA) is 62.3 Å². The second-order valence-corrected chi connectivity index (χ2v) is 5.41. The Balaban J connectivity index is 1.53. The molecule has 114 valence electrons. The molecule has 5 nitrogen and oxygen atoms in total. The molecule has 2 N–H and O–H groups in total. The van der Waals surface area contributed by atoms with Crippen LogP contribution in [-0.4, -0.2) is 22.3 Å². The van der Waals surface area contributed by atoms with Gasteiger partial charge in [-0.3, -0.25) is 0 Å². The maximum absolute atomic E-state index is 5.88. The number of nitrogens with one attached hydrogen (secondary N) is 2. The standard InChI is InChI=1S/C18H16N4O/c1-12-14(10-13-6-2-5-9-17(13)23-12)11-19-22-18-20-15-7-3-4-8-16(15)21-18/h2-12H,1H3,(H2,20,21,22)/b19-11-. The van der Waals surface area contributed by atoms with Crippen LogP contribution >= 0.6 is 0 Å². The predicted molar refractivity (Wildman–Crippen MR) is 92.7 cm³/mol. The third-order valence-electron chi connectivity index (χ3n) is 3.79. The molecule has 0 radical (unpaired) electrons. The number of fused-ring (bicyclic) bond motifs is 2. The highest BCUT2D eigenvalue weighted by atomic mass is 16.5. The van der Waals surface area contributed by atoms with Gasteiger partial charge in [-0.1, -0.05) is 30.3 Å². The molecule has 0 amide bonds. The summed E-state index contributed by atoms with van der Waals surface area (Å²) in [5, 5.41) is 4.27. The van der Waals surface area contributed by atoms with E-state index in [-0.39, 0.29) is 6.10 Å². The summed E-state index contributed by atoms with van der Waals surface area (Å²) in [7, 11) is 0. The Labute approximate surface area is 133 Å². The van der Waals surface area contributed by atoms with Crippen LogP contribution < -0.4 is 10.2 Å². The molecule has 3 aromatic rings. The number of hydrogen-bond donors (Lipinski definition) is 2. The number of anilines is 1. The van der Waals surface area contributed by atoms with Gasteiger partial charge < -0.3 is 9.72 Å². The van der Waals surface area contributed by atoms with Gasteiger partial charge in [-0.05, 0) is 31.2 Å². The molecular formula is C18H16N4O. The average molecular weight is 304 g/mol. The van der Waals surface area contributed by atoms with Crippen molar-refractivity contribution < 1.29 is 4.74 Å². The maximum Gasteiger partial charge on any atom is 0.222 e. The van der Waals surface area contributed by atoms with Crippen molar-refractivity contribution in [2.45, 2.75) is 13.0 Å². The van der Waals surface area contributed by atoms with E-state index < -0.39 is 0 Å². The summed E-state index contributed by atoms with van der Waals surface area (Å²) in [5.41, 5.74) is 6.89. The Kier molecular flexibility index (Phi) is 3.31. The molecule has 1 aliphatic rings. The summed E-state index contributed by atoms with van der Waals surface area (Å²) in [5.74, 6) is 1.52. The number of H-pyrrole nitrogens is 1. The van der Waals surface area contributed by atoms with Crippen LogP contribution in [0.2, 0.25) is 0 Å². The Morgan fingerprint density at radius 1 is 1.17 bits per heavy atom. The van der Waals surface area contributed by atoms with Crippen LogP contribution in [0.1, 0.15) is 12.5 Å². The highest BCUT2D eigenvalue weighted by molar-refractivity contribution is 5.89. The number of hydrogen-bond acceptors (Lipinski definition) is 4. The van der Waals surface area contributed by atoms with Gasteiger partial charge in [-0.25, -0.2) is 10.4 Å². The van der Waals surface area contributed by atoms with Crippen LogP contribution in [0, 0.1) is 0 Å². The number of ether oxygens (including phenoxy) is 1. The van der Waals surface area contributed by atoms with Crippen molar-refractivity contribution in [3.8, 4) is 5.75 Å². The molecule has 1 aromatic heterocycles. The lowest BCUT2D eigenvalue weighted by molar-refractivity contribution is 0.260. The van der Waals surface area contributed by atoms with E-state index >= 15 is 0 Å². The zero-order valence-electron chi connectivity index (χ0n) is 12.7. The first kappa shape index (κ1) is 13.6. The van der Waals surface area contributed by atoms with E-state index in [1.165, 1.54) is 0 Å². The van der Waals surface area contributed by atoms with Gasteiger partial charge in [0.2, 0.25) is 5.95 Å². The van der Waals surface area contributed by atoms with Gasteiger partial charge >= 0.3 is 0 Å². The third kappa shape index (κ3) is 2.68. The molecule has 0 spiro atoms. The summed E-state index contributed by atoms with van der Waals surface area (Å²) < 4.78 is 5.88. The largest absolute Gasteiger partial charge is 0.485 e. The van der Waals surface area contributed by atoms with Gasteiger partial charge in [-0.2, -0.15) is 5.10 Å². The quantitative estimate of drug-likeness (QED) is 0.571. The normalized spacial score (nSPS) is 16.9. The molecule has 23 heavy (non-hydrogen) atoms. The lowest BCUT2D eigenvalue weighted by Crippen LogP contribution is -2.19. The van der Waals surface area contributed by atoms with E-state index in [1.807, 2.05) is 55.5 Å². The molecule has 0 bridgehead atoms. The average Bonchev–Trinajstić information content (AvgIpc) is 2.98. The van der Waals surface area contributed by atoms with Crippen molar-refractivity contribution >= 4 is 29.3 Å². The van der Waals surface area contributed by atoms with E-state index in [2.05, 4.69) is 26.6 Å². The first-order valence-corrected chi connectivity index (χ1v) is 7.51. The number of rotatable bonds is 3. The van der Waals surface area contributed by atoms with Gasteiger partial charge in [0.15, 0.2) is 0 Å². The number of aromatic nitrogens is 2. The monoisotopic (exact) mass is 304 g/mol. The molecule has 1 unspecified atom stereocenters. The van der Waals surface area contributed by atoms with Gasteiger partial charge in [-0.15, -0.1) is 0 Å². The van der Waals surface area contributed by atoms with Crippen molar-refractivity contribution in [1.82, 2.24) is 9.97 Å². The highest BCUT2D eigenvalue weighted by Crippen LogP contribution is 2.28. The lowest BCUT2D eigenvalue weighted by Gasteiger charge is -2.22. The SMILES string of the molecule is CC1Oc2ccccc2C=C1/C=N\Nc1nc2ccccc2[nH]1. The van der Waals surface area contributed by atoms with Gasteiger partial charge in [0.05, 0.1) is 17.2 Å². The number of para-hydroxylation sites is 3. The lowest BCUT2D eigenvalue weighted by atomic mass is 10.0. The first-order chi connectivity index (χ1) is 11.3. The number of hydrazone groups is 1. The van der Waals surface area contributed by atoms with Gasteiger partial charge in [0, 0.05) is 11.1 Å². The summed E-state index contributed by atoms with van der Waals surface area (Å²) in [6.45, 7) is 2.01. The molecule has 0 aliphatic carbocycles. The Hall–Kier alpha value is -3.08. The van der Waals surface area contributed by atoms with Crippen LogP contribution in [0.5, 0.6) is 5.75 Å². The van der Waals surface area contributed by atoms with Gasteiger partial charge in [0.1, 0.15) is 11.9 Å². The van der Waals surface area contributed by atoms with Crippen LogP contribution in [0.25, 0.3) is 17.1 Å². The fraction of sp³-hybridized carbons (Fsp3) is 0.111. The number of aromatic amines is 1. The third-order valence-corrected chi connectivity index (χ3v) is 3.79. The zero-order chi connectivity index (χ0) is 15.6. The van der Waals surface area contributed by atoms with Gasteiger partial charge in [0.25, 0.3) is 0 Å². The molecule has 4 rings (SSSR count). The molecule has 0 fully saturated rings. The fourth-order valence-corrected chi connectivity index (χ4v) is 2.58. The van der Waals surface area contributed by atoms with Crippen molar-refractivity contribution in [3.63, 3.8) is 0 Å². The minimum atomic E-state index is -0.0360. The number of benzene rings is 2. The molecule has 2 heterocycles. The molecule has 1 atom stereocenters. The minimum Gasteiger partial charge on any atom is -0.485 e. The smallest absolute Gasteiger partial charge is 0.222 e. The molecule has 5 heteroatoms. The van der Waals surface area contributed by atoms with Crippen LogP contribution in [-0.2, 0) is 0 Å². The fourth-order valence-electron chi connectivity index (χ4n) is 2.58. The second kappa shape index (κ2) is 5.61. The second-order valence-electron chi connectivity index (χ2n) is 5.41. The molecule has 0 saturated carbocycles. The van der Waals surface area contributed by atoms with E-state index in [4.69, 9.17) is 4.74 Å². The molecule has 2 aromatic carbocycles. The minimum absolute atomic E-state index is 0.0360. The Morgan fingerprint density at radius 2 is 2.00 bits per heavy atom. The zero-order valence-corrected chi connectivity index (χ0v) is 12.7. The summed E-state index contributed by atoms with van der Waals surface area (Å²) in [4.78, 5) is 7.59. The summed E-state index contributed by atoms with van der Waals surface area (Å²) in [6.07, 6.45) is 3.83.